The summed E-state index contributed by atoms with van der Waals surface area (Å²) in [6, 6.07) is 0. The molecule has 0 atom stereocenters. The predicted octanol–water partition coefficient (Wildman–Crippen LogP) is 0.520. The van der Waals surface area contributed by atoms with E-state index in [4.69, 9.17) is 6.42 Å². The topological polar surface area (TPSA) is 9.23 Å². The summed E-state index contributed by atoms with van der Waals surface area (Å²) in [4.78, 5) is 0. The molecule has 1 radical (unpaired) electrons. The molecule has 0 aromatic carbocycles. The van der Waals surface area contributed by atoms with Crippen LogP contribution in [0.4, 0.5) is 4.39 Å². The molecular weight excluding hydrogens is 83.0 g/mol. The molecule has 0 aliphatic rings. The van der Waals surface area contributed by atoms with E-state index < -0.39 is 6.86 Å². The Hall–Kier alpha value is -0.550. The quantitative estimate of drug-likeness (QED) is 0.352. The number of hydrogen-bond donors (Lipinski definition) is 0. The van der Waals surface area contributed by atoms with Crippen LogP contribution in [-0.2, 0) is 4.74 Å². The van der Waals surface area contributed by atoms with Crippen molar-refractivity contribution < 1.29 is 9.13 Å². The Morgan fingerprint density at radius 1 is 1.83 bits per heavy atom. The second-order valence-electron chi connectivity index (χ2n) is 0.634. The largest absolute Gasteiger partial charge is 0.338 e. The Morgan fingerprint density at radius 3 is 2.67 bits per heavy atom. The zero-order valence-corrected chi connectivity index (χ0v) is 3.20. The third-order valence-corrected chi connectivity index (χ3v) is 0.251. The van der Waals surface area contributed by atoms with Gasteiger partial charge in [-0.25, -0.2) is 4.39 Å². The van der Waals surface area contributed by atoms with Crippen molar-refractivity contribution in [3.8, 4) is 5.92 Å². The Bertz CT molecular complexity index is 55.1. The second-order valence-corrected chi connectivity index (χ2v) is 0.634. The van der Waals surface area contributed by atoms with Crippen LogP contribution in [0.5, 0.6) is 0 Å². The van der Waals surface area contributed by atoms with Gasteiger partial charge in [0.1, 0.15) is 6.61 Å². The van der Waals surface area contributed by atoms with Gasteiger partial charge < -0.3 is 4.74 Å². The van der Waals surface area contributed by atoms with Crippen molar-refractivity contribution in [2.75, 3.05) is 13.5 Å². The molecule has 1 nitrogen and oxygen atoms in total. The molecule has 0 unspecified atom stereocenters. The number of ether oxygens (including phenoxy) is 1. The molecule has 2 heteroatoms. The maximum atomic E-state index is 10.8. The normalized spacial score (nSPS) is 7.33. The van der Waals surface area contributed by atoms with E-state index in [1.54, 1.807) is 0 Å². The van der Waals surface area contributed by atoms with Gasteiger partial charge in [0.15, 0.2) is 6.86 Å². The van der Waals surface area contributed by atoms with Gasteiger partial charge in [-0.1, -0.05) is 5.92 Å². The van der Waals surface area contributed by atoms with Gasteiger partial charge in [-0.15, -0.1) is 0 Å². The zero-order chi connectivity index (χ0) is 4.83. The zero-order valence-electron chi connectivity index (χ0n) is 3.20. The molecule has 0 saturated heterocycles. The second kappa shape index (κ2) is 4.45. The molecule has 0 aromatic rings. The summed E-state index contributed by atoms with van der Waals surface area (Å²) in [5, 5.41) is 0. The Labute approximate surface area is 36.1 Å². The molecule has 0 aromatic heterocycles. The minimum Gasteiger partial charge on any atom is -0.338 e. The van der Waals surface area contributed by atoms with Gasteiger partial charge in [-0.05, 0) is 6.42 Å². The molecule has 0 fully saturated rings. The summed E-state index contributed by atoms with van der Waals surface area (Å²) >= 11 is 0. The summed E-state index contributed by atoms with van der Waals surface area (Å²) < 4.78 is 14.9. The molecule has 0 amide bonds. The highest BCUT2D eigenvalue weighted by molar-refractivity contribution is 4.72. The van der Waals surface area contributed by atoms with Crippen LogP contribution in [-0.4, -0.2) is 13.5 Å². The molecule has 0 saturated carbocycles. The molecule has 0 aliphatic heterocycles. The average molecular weight is 87.1 g/mol. The highest BCUT2D eigenvalue weighted by Crippen LogP contribution is 1.68. The first-order chi connectivity index (χ1) is 2.91. The van der Waals surface area contributed by atoms with E-state index in [0.717, 1.165) is 0 Å². The lowest BCUT2D eigenvalue weighted by Gasteiger charge is -1.82. The monoisotopic (exact) mass is 87.0 g/mol. The highest BCUT2D eigenvalue weighted by Gasteiger charge is 1.71. The summed E-state index contributed by atoms with van der Waals surface area (Å²) in [6.45, 7) is -0.873. The molecular formula is C4H4FO. The van der Waals surface area contributed by atoms with E-state index in [1.807, 2.05) is 5.92 Å². The SMILES string of the molecule is [C]#CCOCF. The van der Waals surface area contributed by atoms with Crippen molar-refractivity contribution in [1.82, 2.24) is 0 Å². The van der Waals surface area contributed by atoms with Crippen LogP contribution in [0.2, 0.25) is 0 Å². The van der Waals surface area contributed by atoms with E-state index in [1.165, 1.54) is 0 Å². The van der Waals surface area contributed by atoms with Crippen LogP contribution in [0.25, 0.3) is 0 Å². The lowest BCUT2D eigenvalue weighted by molar-refractivity contribution is 0.0811. The van der Waals surface area contributed by atoms with Gasteiger partial charge in [-0.3, -0.25) is 0 Å². The van der Waals surface area contributed by atoms with Crippen LogP contribution in [0, 0.1) is 12.3 Å². The summed E-state index contributed by atoms with van der Waals surface area (Å²) in [7, 11) is 0. The first-order valence-electron chi connectivity index (χ1n) is 1.45. The lowest BCUT2D eigenvalue weighted by Crippen LogP contribution is -1.85. The van der Waals surface area contributed by atoms with E-state index in [2.05, 4.69) is 4.74 Å². The fourth-order valence-electron chi connectivity index (χ4n) is 0.0896. The van der Waals surface area contributed by atoms with Crippen molar-refractivity contribution in [1.29, 1.82) is 0 Å². The van der Waals surface area contributed by atoms with Gasteiger partial charge in [0.05, 0.1) is 0 Å². The number of alkyl halides is 1. The van der Waals surface area contributed by atoms with Gasteiger partial charge in [0, 0.05) is 0 Å². The minimum absolute atomic E-state index is 0.0451. The van der Waals surface area contributed by atoms with Crippen molar-refractivity contribution in [2.45, 2.75) is 0 Å². The molecule has 0 heterocycles. The molecule has 0 N–H and O–H groups in total. The predicted molar refractivity (Wildman–Crippen MR) is 19.1 cm³/mol. The van der Waals surface area contributed by atoms with Gasteiger partial charge in [-0.2, -0.15) is 0 Å². The van der Waals surface area contributed by atoms with Crippen LogP contribution in [0.3, 0.4) is 0 Å². The third kappa shape index (κ3) is 3.45. The maximum absolute atomic E-state index is 10.8. The number of rotatable bonds is 2. The molecule has 33 valence electrons. The number of halogens is 1. The first kappa shape index (κ1) is 5.45. The molecule has 6 heavy (non-hydrogen) atoms. The standard InChI is InChI=1S/C4H4FO/c1-2-3-6-4-5/h3-4H2. The van der Waals surface area contributed by atoms with E-state index in [-0.39, 0.29) is 6.61 Å². The van der Waals surface area contributed by atoms with E-state index in [0.29, 0.717) is 0 Å². The third-order valence-electron chi connectivity index (χ3n) is 0.251. The Morgan fingerprint density at radius 2 is 2.50 bits per heavy atom. The number of hydrogen-bond acceptors (Lipinski definition) is 1. The summed E-state index contributed by atoms with van der Waals surface area (Å²) in [5.74, 6) is 1.86. The van der Waals surface area contributed by atoms with Gasteiger partial charge >= 0.3 is 0 Å². The fraction of sp³-hybridized carbons (Fsp3) is 0.500. The van der Waals surface area contributed by atoms with Crippen LogP contribution >= 0.6 is 0 Å². The Kier molecular flexibility index (Phi) is 4.04. The minimum atomic E-state index is -0.828. The molecule has 0 spiro atoms. The van der Waals surface area contributed by atoms with Crippen molar-refractivity contribution >= 4 is 0 Å². The Balaban J connectivity index is 2.54. The highest BCUT2D eigenvalue weighted by atomic mass is 19.1. The average Bonchev–Trinajstić information content (AvgIpc) is 1.61. The van der Waals surface area contributed by atoms with Crippen LogP contribution in [0.1, 0.15) is 0 Å². The maximum Gasteiger partial charge on any atom is 0.189 e. The van der Waals surface area contributed by atoms with E-state index in [9.17, 15) is 4.39 Å². The van der Waals surface area contributed by atoms with Gasteiger partial charge in [0.25, 0.3) is 0 Å². The van der Waals surface area contributed by atoms with E-state index >= 15 is 0 Å². The molecule has 0 rings (SSSR count). The molecule has 0 bridgehead atoms. The van der Waals surface area contributed by atoms with Crippen molar-refractivity contribution in [3.63, 3.8) is 0 Å². The smallest absolute Gasteiger partial charge is 0.189 e. The summed E-state index contributed by atoms with van der Waals surface area (Å²) in [5.41, 5.74) is 0. The lowest BCUT2D eigenvalue weighted by atomic mass is 10.8. The molecule has 0 aliphatic carbocycles. The van der Waals surface area contributed by atoms with Gasteiger partial charge in [0.2, 0.25) is 0 Å². The first-order valence-corrected chi connectivity index (χ1v) is 1.45. The van der Waals surface area contributed by atoms with Crippen LogP contribution < -0.4 is 0 Å². The van der Waals surface area contributed by atoms with Crippen LogP contribution in [0.15, 0.2) is 0 Å². The van der Waals surface area contributed by atoms with Crippen molar-refractivity contribution in [3.05, 3.63) is 6.42 Å². The summed E-state index contributed by atoms with van der Waals surface area (Å²) in [6.07, 6.45) is 6.16. The van der Waals surface area contributed by atoms with Crippen molar-refractivity contribution in [2.24, 2.45) is 0 Å². The fourth-order valence-corrected chi connectivity index (χ4v) is 0.0896.